The summed E-state index contributed by atoms with van der Waals surface area (Å²) in [6.45, 7) is 4.18. The van der Waals surface area contributed by atoms with Crippen molar-refractivity contribution in [2.75, 3.05) is 0 Å². The van der Waals surface area contributed by atoms with E-state index in [1.54, 1.807) is 16.9 Å². The number of rotatable bonds is 3. The van der Waals surface area contributed by atoms with E-state index in [0.29, 0.717) is 11.6 Å². The van der Waals surface area contributed by atoms with Gasteiger partial charge >= 0.3 is 0 Å². The summed E-state index contributed by atoms with van der Waals surface area (Å²) < 4.78 is 1.75. The van der Waals surface area contributed by atoms with E-state index in [9.17, 15) is 0 Å². The molecule has 0 radical (unpaired) electrons. The number of nitrogens with two attached hydrogens (primary N) is 1. The minimum atomic E-state index is -0.00937. The van der Waals surface area contributed by atoms with Gasteiger partial charge < -0.3 is 10.9 Å². The van der Waals surface area contributed by atoms with E-state index in [4.69, 9.17) is 10.9 Å². The number of amidine groups is 1. The van der Waals surface area contributed by atoms with Gasteiger partial charge in [-0.05, 0) is 24.1 Å². The third-order valence-corrected chi connectivity index (χ3v) is 2.58. The quantitative estimate of drug-likeness (QED) is 0.371. The highest BCUT2D eigenvalue weighted by atomic mass is 16.4. The predicted molar refractivity (Wildman–Crippen MR) is 68.0 cm³/mol. The third-order valence-electron chi connectivity index (χ3n) is 2.58. The molecule has 0 fully saturated rings. The minimum Gasteiger partial charge on any atom is -0.409 e. The highest BCUT2D eigenvalue weighted by molar-refractivity contribution is 5.95. The first kappa shape index (κ1) is 12.1. The summed E-state index contributed by atoms with van der Waals surface area (Å²) in [7, 11) is 0. The van der Waals surface area contributed by atoms with Gasteiger partial charge in [-0.2, -0.15) is 5.10 Å². The Kier molecular flexibility index (Phi) is 3.27. The number of oxime groups is 1. The normalized spacial score (nSPS) is 12.1. The molecule has 2 aromatic heterocycles. The molecule has 0 bridgehead atoms. The molecular formula is C12H15N5O. The molecule has 0 aliphatic rings. The van der Waals surface area contributed by atoms with Crippen LogP contribution in [0.2, 0.25) is 0 Å². The van der Waals surface area contributed by atoms with E-state index in [-0.39, 0.29) is 5.84 Å². The Labute approximate surface area is 105 Å². The molecular weight excluding hydrogens is 230 g/mol. The van der Waals surface area contributed by atoms with E-state index in [1.807, 2.05) is 18.3 Å². The molecule has 0 unspecified atom stereocenters. The van der Waals surface area contributed by atoms with Gasteiger partial charge in [0, 0.05) is 6.20 Å². The fraction of sp³-hybridized carbons (Fsp3) is 0.250. The van der Waals surface area contributed by atoms with Crippen LogP contribution < -0.4 is 5.73 Å². The summed E-state index contributed by atoms with van der Waals surface area (Å²) in [5.74, 6) is 0.375. The minimum absolute atomic E-state index is 0.00937. The van der Waals surface area contributed by atoms with Crippen molar-refractivity contribution in [3.63, 3.8) is 0 Å². The average molecular weight is 245 g/mol. The number of aromatic nitrogens is 3. The van der Waals surface area contributed by atoms with Crippen molar-refractivity contribution >= 4 is 5.84 Å². The van der Waals surface area contributed by atoms with E-state index in [1.165, 1.54) is 0 Å². The molecule has 2 rings (SSSR count). The van der Waals surface area contributed by atoms with Crippen LogP contribution in [0.3, 0.4) is 0 Å². The van der Waals surface area contributed by atoms with Gasteiger partial charge in [-0.1, -0.05) is 19.0 Å². The second-order valence-corrected chi connectivity index (χ2v) is 4.23. The number of pyridine rings is 1. The topological polar surface area (TPSA) is 89.3 Å². The molecule has 0 atom stereocenters. The molecule has 0 aliphatic heterocycles. The fourth-order valence-corrected chi connectivity index (χ4v) is 1.51. The highest BCUT2D eigenvalue weighted by Crippen LogP contribution is 2.13. The largest absolute Gasteiger partial charge is 0.409 e. The zero-order valence-electron chi connectivity index (χ0n) is 10.3. The van der Waals surface area contributed by atoms with Crippen LogP contribution in [0.25, 0.3) is 5.69 Å². The van der Waals surface area contributed by atoms with Gasteiger partial charge in [0.25, 0.3) is 0 Å². The predicted octanol–water partition coefficient (Wildman–Crippen LogP) is 1.49. The lowest BCUT2D eigenvalue weighted by molar-refractivity contribution is 0.318. The van der Waals surface area contributed by atoms with Crippen LogP contribution in [0.4, 0.5) is 0 Å². The maximum absolute atomic E-state index is 8.54. The average Bonchev–Trinajstić information content (AvgIpc) is 2.88. The van der Waals surface area contributed by atoms with E-state index in [2.05, 4.69) is 29.1 Å². The van der Waals surface area contributed by atoms with E-state index < -0.39 is 0 Å². The highest BCUT2D eigenvalue weighted by Gasteiger charge is 2.06. The lowest BCUT2D eigenvalue weighted by atomic mass is 10.1. The lowest BCUT2D eigenvalue weighted by Crippen LogP contribution is -2.15. The van der Waals surface area contributed by atoms with Gasteiger partial charge in [0.1, 0.15) is 5.69 Å². The molecule has 6 nitrogen and oxygen atoms in total. The van der Waals surface area contributed by atoms with Crippen molar-refractivity contribution in [3.05, 3.63) is 42.0 Å². The maximum atomic E-state index is 8.54. The van der Waals surface area contributed by atoms with Crippen molar-refractivity contribution in [2.24, 2.45) is 10.9 Å². The van der Waals surface area contributed by atoms with Crippen LogP contribution >= 0.6 is 0 Å². The second-order valence-electron chi connectivity index (χ2n) is 4.23. The number of hydrogen-bond acceptors (Lipinski definition) is 4. The van der Waals surface area contributed by atoms with Crippen molar-refractivity contribution in [1.29, 1.82) is 0 Å². The van der Waals surface area contributed by atoms with E-state index >= 15 is 0 Å². The number of hydrogen-bond donors (Lipinski definition) is 2. The van der Waals surface area contributed by atoms with Crippen molar-refractivity contribution in [1.82, 2.24) is 14.8 Å². The summed E-state index contributed by atoms with van der Waals surface area (Å²) in [4.78, 5) is 4.10. The maximum Gasteiger partial charge on any atom is 0.188 e. The molecule has 0 amide bonds. The van der Waals surface area contributed by atoms with Crippen LogP contribution in [-0.4, -0.2) is 25.8 Å². The zero-order chi connectivity index (χ0) is 13.1. The van der Waals surface area contributed by atoms with Gasteiger partial charge in [-0.15, -0.1) is 0 Å². The summed E-state index contributed by atoms with van der Waals surface area (Å²) in [5, 5.41) is 15.9. The monoisotopic (exact) mass is 245 g/mol. The Morgan fingerprint density at radius 3 is 2.67 bits per heavy atom. The smallest absolute Gasteiger partial charge is 0.188 e. The Hall–Kier alpha value is -2.37. The summed E-state index contributed by atoms with van der Waals surface area (Å²) in [6, 6.07) is 5.47. The van der Waals surface area contributed by atoms with Crippen molar-refractivity contribution in [2.45, 2.75) is 19.8 Å². The molecule has 6 heteroatoms. The van der Waals surface area contributed by atoms with Gasteiger partial charge in [0.05, 0.1) is 17.6 Å². The van der Waals surface area contributed by atoms with Gasteiger partial charge in [-0.3, -0.25) is 4.98 Å². The molecule has 0 aromatic carbocycles. The molecule has 18 heavy (non-hydrogen) atoms. The Morgan fingerprint density at radius 2 is 2.17 bits per heavy atom. The Balaban J connectivity index is 2.28. The molecule has 2 aromatic rings. The summed E-state index contributed by atoms with van der Waals surface area (Å²) in [5.41, 5.74) is 7.72. The van der Waals surface area contributed by atoms with E-state index in [0.717, 1.165) is 11.4 Å². The second kappa shape index (κ2) is 4.87. The first-order valence-corrected chi connectivity index (χ1v) is 5.61. The van der Waals surface area contributed by atoms with Crippen molar-refractivity contribution < 1.29 is 5.21 Å². The molecule has 0 aliphatic carbocycles. The van der Waals surface area contributed by atoms with Gasteiger partial charge in [0.15, 0.2) is 5.84 Å². The fourth-order valence-electron chi connectivity index (χ4n) is 1.51. The lowest BCUT2D eigenvalue weighted by Gasteiger charge is -2.03. The Morgan fingerprint density at radius 1 is 1.39 bits per heavy atom. The third kappa shape index (κ3) is 2.32. The van der Waals surface area contributed by atoms with Gasteiger partial charge in [0.2, 0.25) is 0 Å². The first-order chi connectivity index (χ1) is 8.61. The molecule has 0 saturated carbocycles. The summed E-state index contributed by atoms with van der Waals surface area (Å²) in [6.07, 6.45) is 3.51. The molecule has 0 saturated heterocycles. The van der Waals surface area contributed by atoms with Gasteiger partial charge in [-0.25, -0.2) is 4.68 Å². The summed E-state index contributed by atoms with van der Waals surface area (Å²) >= 11 is 0. The van der Waals surface area contributed by atoms with Crippen LogP contribution in [0.1, 0.15) is 31.2 Å². The zero-order valence-corrected chi connectivity index (χ0v) is 10.3. The number of nitrogens with zero attached hydrogens (tertiary/aromatic N) is 4. The van der Waals surface area contributed by atoms with Crippen molar-refractivity contribution in [3.8, 4) is 5.69 Å². The standard InChI is InChI=1S/C12H15N5O/c1-8(2)10-5-6-17(15-10)9-3-4-11(14-7-9)12(13)16-18/h3-8,18H,1-2H3,(H2,13,16). The Bertz CT molecular complexity index is 556. The molecule has 3 N–H and O–H groups in total. The van der Waals surface area contributed by atoms with Crippen LogP contribution in [-0.2, 0) is 0 Å². The molecule has 0 spiro atoms. The van der Waals surface area contributed by atoms with Crippen LogP contribution in [0, 0.1) is 0 Å². The SMILES string of the molecule is CC(C)c1ccn(-c2ccc(/C(N)=N/O)nc2)n1. The van der Waals surface area contributed by atoms with Crippen LogP contribution in [0.15, 0.2) is 35.7 Å². The van der Waals surface area contributed by atoms with Crippen LogP contribution in [0.5, 0.6) is 0 Å². The molecule has 2 heterocycles. The first-order valence-electron chi connectivity index (χ1n) is 5.61. The molecule has 94 valence electrons.